The molecule has 0 atom stereocenters. The number of carbonyl (C=O) groups excluding carboxylic acids is 1. The summed E-state index contributed by atoms with van der Waals surface area (Å²) in [5.74, 6) is -0.0935. The van der Waals surface area contributed by atoms with Gasteiger partial charge in [0.15, 0.2) is 0 Å². The van der Waals surface area contributed by atoms with Crippen LogP contribution in [0.5, 0.6) is 0 Å². The van der Waals surface area contributed by atoms with E-state index in [0.717, 1.165) is 12.1 Å². The van der Waals surface area contributed by atoms with Crippen molar-refractivity contribution < 1.29 is 4.79 Å². The Morgan fingerprint density at radius 1 is 1.00 bits per heavy atom. The topological polar surface area (TPSA) is 32.3 Å². The summed E-state index contributed by atoms with van der Waals surface area (Å²) in [6, 6.07) is 15.1. The highest BCUT2D eigenvalue weighted by Gasteiger charge is 2.05. The molecule has 2 aromatic carbocycles. The highest BCUT2D eigenvalue weighted by Crippen LogP contribution is 2.10. The van der Waals surface area contributed by atoms with E-state index in [-0.39, 0.29) is 5.91 Å². The molecule has 0 saturated heterocycles. The normalized spacial score (nSPS) is 10.7. The van der Waals surface area contributed by atoms with E-state index >= 15 is 0 Å². The van der Waals surface area contributed by atoms with E-state index in [0.29, 0.717) is 17.1 Å². The predicted octanol–water partition coefficient (Wildman–Crippen LogP) is 3.33. The van der Waals surface area contributed by atoms with Crippen LogP contribution in [-0.2, 0) is 13.1 Å². The van der Waals surface area contributed by atoms with Gasteiger partial charge in [0.25, 0.3) is 5.91 Å². The fraction of sp³-hybridized carbons (Fsp3) is 0.235. The molecule has 0 aromatic heterocycles. The lowest BCUT2D eigenvalue weighted by Gasteiger charge is -2.10. The third-order valence-corrected chi connectivity index (χ3v) is 3.33. The molecule has 0 bridgehead atoms. The molecule has 1 amide bonds. The zero-order valence-electron chi connectivity index (χ0n) is 12.3. The standard InChI is InChI=1S/C17H19ClN2O/c1-20(2)12-14-5-3-13(4-6-14)11-19-17(21)15-7-9-16(18)10-8-15/h3-10H,11-12H2,1-2H3,(H,19,21). The largest absolute Gasteiger partial charge is 0.348 e. The summed E-state index contributed by atoms with van der Waals surface area (Å²) in [5, 5.41) is 3.53. The van der Waals surface area contributed by atoms with Crippen LogP contribution in [0, 0.1) is 0 Å². The van der Waals surface area contributed by atoms with E-state index in [2.05, 4.69) is 22.3 Å². The average molecular weight is 303 g/mol. The Hall–Kier alpha value is -1.84. The number of hydrogen-bond donors (Lipinski definition) is 1. The van der Waals surface area contributed by atoms with Crippen molar-refractivity contribution in [2.45, 2.75) is 13.1 Å². The van der Waals surface area contributed by atoms with Crippen molar-refractivity contribution >= 4 is 17.5 Å². The summed E-state index contributed by atoms with van der Waals surface area (Å²) in [5.41, 5.74) is 2.95. The van der Waals surface area contributed by atoms with Crippen LogP contribution in [0.1, 0.15) is 21.5 Å². The minimum atomic E-state index is -0.0935. The summed E-state index contributed by atoms with van der Waals surface area (Å²) < 4.78 is 0. The SMILES string of the molecule is CN(C)Cc1ccc(CNC(=O)c2ccc(Cl)cc2)cc1. The molecule has 0 fully saturated rings. The van der Waals surface area contributed by atoms with Crippen LogP contribution in [-0.4, -0.2) is 24.9 Å². The van der Waals surface area contributed by atoms with E-state index in [1.165, 1.54) is 5.56 Å². The third kappa shape index (κ3) is 4.88. The first-order valence-electron chi connectivity index (χ1n) is 6.81. The Bertz CT molecular complexity index is 591. The summed E-state index contributed by atoms with van der Waals surface area (Å²) in [7, 11) is 4.08. The monoisotopic (exact) mass is 302 g/mol. The number of benzene rings is 2. The fourth-order valence-corrected chi connectivity index (χ4v) is 2.14. The molecule has 0 aliphatic carbocycles. The molecule has 3 nitrogen and oxygen atoms in total. The molecule has 0 aliphatic heterocycles. The highest BCUT2D eigenvalue weighted by molar-refractivity contribution is 6.30. The van der Waals surface area contributed by atoms with Crippen LogP contribution in [0.3, 0.4) is 0 Å². The fourth-order valence-electron chi connectivity index (χ4n) is 2.01. The van der Waals surface area contributed by atoms with Crippen LogP contribution in [0.2, 0.25) is 5.02 Å². The van der Waals surface area contributed by atoms with Gasteiger partial charge < -0.3 is 10.2 Å². The van der Waals surface area contributed by atoms with Gasteiger partial charge in [-0.2, -0.15) is 0 Å². The van der Waals surface area contributed by atoms with Gasteiger partial charge in [-0.05, 0) is 49.5 Å². The van der Waals surface area contributed by atoms with Gasteiger partial charge >= 0.3 is 0 Å². The number of nitrogens with one attached hydrogen (secondary N) is 1. The number of nitrogens with zero attached hydrogens (tertiary/aromatic N) is 1. The second kappa shape index (κ2) is 7.25. The predicted molar refractivity (Wildman–Crippen MR) is 86.5 cm³/mol. The first-order valence-corrected chi connectivity index (χ1v) is 7.19. The maximum atomic E-state index is 12.0. The molecule has 0 radical (unpaired) electrons. The second-order valence-electron chi connectivity index (χ2n) is 5.24. The molecule has 0 unspecified atom stereocenters. The van der Waals surface area contributed by atoms with Crippen molar-refractivity contribution in [3.63, 3.8) is 0 Å². The smallest absolute Gasteiger partial charge is 0.251 e. The van der Waals surface area contributed by atoms with Crippen molar-refractivity contribution in [3.05, 3.63) is 70.2 Å². The van der Waals surface area contributed by atoms with Crippen molar-refractivity contribution in [1.82, 2.24) is 10.2 Å². The third-order valence-electron chi connectivity index (χ3n) is 3.08. The van der Waals surface area contributed by atoms with Gasteiger partial charge in [-0.25, -0.2) is 0 Å². The summed E-state index contributed by atoms with van der Waals surface area (Å²) in [6.45, 7) is 1.43. The number of halogens is 1. The maximum Gasteiger partial charge on any atom is 0.251 e. The summed E-state index contributed by atoms with van der Waals surface area (Å²) in [6.07, 6.45) is 0. The molecule has 21 heavy (non-hydrogen) atoms. The molecule has 0 spiro atoms. The van der Waals surface area contributed by atoms with E-state index in [9.17, 15) is 4.79 Å². The molecule has 110 valence electrons. The molecule has 0 heterocycles. The first kappa shape index (κ1) is 15.5. The Labute approximate surface area is 130 Å². The van der Waals surface area contributed by atoms with E-state index in [1.807, 2.05) is 26.2 Å². The lowest BCUT2D eigenvalue weighted by Crippen LogP contribution is -2.22. The lowest BCUT2D eigenvalue weighted by atomic mass is 10.1. The van der Waals surface area contributed by atoms with Crippen molar-refractivity contribution in [2.24, 2.45) is 0 Å². The molecule has 2 rings (SSSR count). The highest BCUT2D eigenvalue weighted by atomic mass is 35.5. The molecule has 4 heteroatoms. The van der Waals surface area contributed by atoms with Gasteiger partial charge in [-0.3, -0.25) is 4.79 Å². The van der Waals surface area contributed by atoms with Gasteiger partial charge in [-0.15, -0.1) is 0 Å². The van der Waals surface area contributed by atoms with Crippen LogP contribution in [0.4, 0.5) is 0 Å². The Morgan fingerprint density at radius 3 is 2.14 bits per heavy atom. The molecule has 1 N–H and O–H groups in total. The van der Waals surface area contributed by atoms with E-state index < -0.39 is 0 Å². The molecule has 0 aliphatic rings. The van der Waals surface area contributed by atoms with Crippen molar-refractivity contribution in [2.75, 3.05) is 14.1 Å². The van der Waals surface area contributed by atoms with Crippen LogP contribution >= 0.6 is 11.6 Å². The molecule has 0 saturated carbocycles. The van der Waals surface area contributed by atoms with Crippen LogP contribution < -0.4 is 5.32 Å². The van der Waals surface area contributed by atoms with Crippen molar-refractivity contribution in [1.29, 1.82) is 0 Å². The molecule has 2 aromatic rings. The van der Waals surface area contributed by atoms with Gasteiger partial charge in [0.05, 0.1) is 0 Å². The second-order valence-corrected chi connectivity index (χ2v) is 5.68. The Morgan fingerprint density at radius 2 is 1.57 bits per heavy atom. The quantitative estimate of drug-likeness (QED) is 0.919. The van der Waals surface area contributed by atoms with Gasteiger partial charge in [0.2, 0.25) is 0 Å². The van der Waals surface area contributed by atoms with E-state index in [4.69, 9.17) is 11.6 Å². The van der Waals surface area contributed by atoms with Gasteiger partial charge in [-0.1, -0.05) is 35.9 Å². The Balaban J connectivity index is 1.90. The Kier molecular flexibility index (Phi) is 5.37. The van der Waals surface area contributed by atoms with Crippen LogP contribution in [0.15, 0.2) is 48.5 Å². The molecular formula is C17H19ClN2O. The zero-order chi connectivity index (χ0) is 15.2. The first-order chi connectivity index (χ1) is 10.0. The van der Waals surface area contributed by atoms with Gasteiger partial charge in [0, 0.05) is 23.7 Å². The summed E-state index contributed by atoms with van der Waals surface area (Å²) >= 11 is 5.80. The number of hydrogen-bond acceptors (Lipinski definition) is 2. The average Bonchev–Trinajstić information content (AvgIpc) is 2.46. The zero-order valence-corrected chi connectivity index (χ0v) is 13.0. The lowest BCUT2D eigenvalue weighted by molar-refractivity contribution is 0.0951. The minimum absolute atomic E-state index is 0.0935. The van der Waals surface area contributed by atoms with Crippen LogP contribution in [0.25, 0.3) is 0 Å². The van der Waals surface area contributed by atoms with Crippen molar-refractivity contribution in [3.8, 4) is 0 Å². The molecular weight excluding hydrogens is 284 g/mol. The maximum absolute atomic E-state index is 12.0. The van der Waals surface area contributed by atoms with Gasteiger partial charge in [0.1, 0.15) is 0 Å². The number of amides is 1. The number of carbonyl (C=O) groups is 1. The van der Waals surface area contributed by atoms with E-state index in [1.54, 1.807) is 24.3 Å². The minimum Gasteiger partial charge on any atom is -0.348 e. The summed E-state index contributed by atoms with van der Waals surface area (Å²) in [4.78, 5) is 14.1. The number of rotatable bonds is 5.